The molecular weight excluding hydrogens is 282 g/mol. The zero-order valence-corrected chi connectivity index (χ0v) is 11.8. The minimum absolute atomic E-state index is 0.334. The van der Waals surface area contributed by atoms with Gasteiger partial charge in [0.25, 0.3) is 0 Å². The molecule has 0 amide bonds. The number of benzene rings is 2. The van der Waals surface area contributed by atoms with E-state index in [1.165, 1.54) is 29.7 Å². The van der Waals surface area contributed by atoms with E-state index in [-0.39, 0.29) is 11.2 Å². The van der Waals surface area contributed by atoms with Crippen molar-refractivity contribution < 1.29 is 4.39 Å². The molecule has 98 valence electrons. The predicted octanol–water partition coefficient (Wildman–Crippen LogP) is 5.30. The summed E-state index contributed by atoms with van der Waals surface area (Å²) in [6.07, 6.45) is 3.48. The van der Waals surface area contributed by atoms with Crippen molar-refractivity contribution in [3.63, 3.8) is 0 Å². The van der Waals surface area contributed by atoms with Gasteiger partial charge in [-0.1, -0.05) is 35.9 Å². The number of aryl methyl sites for hydroxylation is 2. The van der Waals surface area contributed by atoms with Gasteiger partial charge in [0.05, 0.1) is 5.38 Å². The summed E-state index contributed by atoms with van der Waals surface area (Å²) in [7, 11) is 0. The van der Waals surface area contributed by atoms with Gasteiger partial charge in [0.1, 0.15) is 5.82 Å². The van der Waals surface area contributed by atoms with E-state index in [1.807, 2.05) is 6.07 Å². The molecule has 1 aliphatic carbocycles. The summed E-state index contributed by atoms with van der Waals surface area (Å²) < 4.78 is 13.1. The first-order chi connectivity index (χ1) is 9.15. The highest BCUT2D eigenvalue weighted by Gasteiger charge is 2.18. The van der Waals surface area contributed by atoms with E-state index < -0.39 is 0 Å². The van der Waals surface area contributed by atoms with Gasteiger partial charge in [0, 0.05) is 5.02 Å². The third kappa shape index (κ3) is 2.50. The molecule has 1 aliphatic rings. The molecular formula is C16H13Cl2F. The van der Waals surface area contributed by atoms with E-state index in [0.717, 1.165) is 24.0 Å². The van der Waals surface area contributed by atoms with Crippen LogP contribution < -0.4 is 0 Å². The lowest BCUT2D eigenvalue weighted by atomic mass is 10.00. The van der Waals surface area contributed by atoms with Crippen LogP contribution in [-0.2, 0) is 12.8 Å². The fourth-order valence-electron chi connectivity index (χ4n) is 2.64. The summed E-state index contributed by atoms with van der Waals surface area (Å²) in [6.45, 7) is 0. The van der Waals surface area contributed by atoms with Gasteiger partial charge in [-0.05, 0) is 53.6 Å². The van der Waals surface area contributed by atoms with Crippen LogP contribution >= 0.6 is 23.2 Å². The Morgan fingerprint density at radius 3 is 2.58 bits per heavy atom. The molecule has 0 aliphatic heterocycles. The van der Waals surface area contributed by atoms with Crippen molar-refractivity contribution in [2.75, 3.05) is 0 Å². The van der Waals surface area contributed by atoms with Crippen LogP contribution in [-0.4, -0.2) is 0 Å². The van der Waals surface area contributed by atoms with Crippen molar-refractivity contribution >= 4 is 23.2 Å². The zero-order chi connectivity index (χ0) is 13.4. The molecule has 0 aromatic heterocycles. The molecule has 0 radical (unpaired) electrons. The molecule has 1 atom stereocenters. The first-order valence-electron chi connectivity index (χ1n) is 6.36. The van der Waals surface area contributed by atoms with Gasteiger partial charge in [0.2, 0.25) is 0 Å². The fraction of sp³-hybridized carbons (Fsp3) is 0.250. The average Bonchev–Trinajstić information content (AvgIpc) is 2.85. The summed E-state index contributed by atoms with van der Waals surface area (Å²) in [5.74, 6) is -0.341. The predicted molar refractivity (Wildman–Crippen MR) is 77.6 cm³/mol. The maximum Gasteiger partial charge on any atom is 0.124 e. The standard InChI is InChI=1S/C16H13Cl2F/c17-15-9-13(19)6-7-14(15)16(18)12-5-4-10-2-1-3-11(10)8-12/h4-9,16H,1-3H2. The van der Waals surface area contributed by atoms with Gasteiger partial charge in [-0.2, -0.15) is 0 Å². The van der Waals surface area contributed by atoms with Gasteiger partial charge in [0.15, 0.2) is 0 Å². The Balaban J connectivity index is 1.97. The number of hydrogen-bond acceptors (Lipinski definition) is 0. The van der Waals surface area contributed by atoms with Crippen molar-refractivity contribution in [1.82, 2.24) is 0 Å². The second-order valence-corrected chi connectivity index (χ2v) is 5.75. The Kier molecular flexibility index (Phi) is 3.51. The van der Waals surface area contributed by atoms with E-state index in [0.29, 0.717) is 5.02 Å². The summed E-state index contributed by atoms with van der Waals surface area (Å²) in [5, 5.41) is 0.0412. The quantitative estimate of drug-likeness (QED) is 0.660. The summed E-state index contributed by atoms with van der Waals surface area (Å²) in [4.78, 5) is 0. The first kappa shape index (κ1) is 13.0. The molecule has 0 spiro atoms. The van der Waals surface area contributed by atoms with Crippen molar-refractivity contribution in [1.29, 1.82) is 0 Å². The Bertz CT molecular complexity index is 622. The van der Waals surface area contributed by atoms with E-state index >= 15 is 0 Å². The van der Waals surface area contributed by atoms with Crippen LogP contribution in [0.4, 0.5) is 4.39 Å². The highest BCUT2D eigenvalue weighted by atomic mass is 35.5. The average molecular weight is 295 g/mol. The second kappa shape index (κ2) is 5.15. The Hall–Kier alpha value is -1.05. The van der Waals surface area contributed by atoms with Gasteiger partial charge in [-0.15, -0.1) is 11.6 Å². The Labute approximate surface area is 122 Å². The summed E-state index contributed by atoms with van der Waals surface area (Å²) in [5.41, 5.74) is 4.57. The van der Waals surface area contributed by atoms with Crippen LogP contribution in [0.5, 0.6) is 0 Å². The molecule has 1 unspecified atom stereocenters. The van der Waals surface area contributed by atoms with Crippen molar-refractivity contribution in [2.24, 2.45) is 0 Å². The molecule has 0 fully saturated rings. The fourth-order valence-corrected chi connectivity index (χ4v) is 3.29. The van der Waals surface area contributed by atoms with Crippen LogP contribution in [0.1, 0.15) is 34.1 Å². The van der Waals surface area contributed by atoms with E-state index in [9.17, 15) is 4.39 Å². The molecule has 0 saturated carbocycles. The van der Waals surface area contributed by atoms with Gasteiger partial charge >= 0.3 is 0 Å². The van der Waals surface area contributed by atoms with Gasteiger partial charge in [-0.25, -0.2) is 4.39 Å². The van der Waals surface area contributed by atoms with Crippen molar-refractivity contribution in [3.8, 4) is 0 Å². The molecule has 2 aromatic carbocycles. The van der Waals surface area contributed by atoms with Crippen LogP contribution in [0, 0.1) is 5.82 Å². The lowest BCUT2D eigenvalue weighted by Gasteiger charge is -2.13. The Morgan fingerprint density at radius 1 is 1.00 bits per heavy atom. The highest BCUT2D eigenvalue weighted by Crippen LogP contribution is 2.35. The molecule has 3 rings (SSSR count). The monoisotopic (exact) mass is 294 g/mol. The normalized spacial score (nSPS) is 15.3. The SMILES string of the molecule is Fc1ccc(C(Cl)c2ccc3c(c2)CCC3)c(Cl)c1. The largest absolute Gasteiger partial charge is 0.207 e. The van der Waals surface area contributed by atoms with E-state index in [4.69, 9.17) is 23.2 Å². The lowest BCUT2D eigenvalue weighted by molar-refractivity contribution is 0.627. The molecule has 3 heteroatoms. The number of alkyl halides is 1. The van der Waals surface area contributed by atoms with Crippen LogP contribution in [0.2, 0.25) is 5.02 Å². The van der Waals surface area contributed by atoms with Crippen LogP contribution in [0.3, 0.4) is 0 Å². The van der Waals surface area contributed by atoms with Crippen molar-refractivity contribution in [3.05, 3.63) is 69.5 Å². The van der Waals surface area contributed by atoms with Crippen LogP contribution in [0.25, 0.3) is 0 Å². The maximum atomic E-state index is 13.1. The minimum atomic E-state index is -0.341. The topological polar surface area (TPSA) is 0 Å². The number of hydrogen-bond donors (Lipinski definition) is 0. The molecule has 0 saturated heterocycles. The van der Waals surface area contributed by atoms with E-state index in [2.05, 4.69) is 12.1 Å². The van der Waals surface area contributed by atoms with Gasteiger partial charge in [-0.3, -0.25) is 0 Å². The molecule has 0 bridgehead atoms. The number of fused-ring (bicyclic) bond motifs is 1. The number of rotatable bonds is 2. The van der Waals surface area contributed by atoms with Crippen molar-refractivity contribution in [2.45, 2.75) is 24.6 Å². The molecule has 2 aromatic rings. The molecule has 0 N–H and O–H groups in total. The molecule has 19 heavy (non-hydrogen) atoms. The highest BCUT2D eigenvalue weighted by molar-refractivity contribution is 6.33. The maximum absolute atomic E-state index is 13.1. The van der Waals surface area contributed by atoms with E-state index in [1.54, 1.807) is 6.07 Å². The Morgan fingerprint density at radius 2 is 1.79 bits per heavy atom. The third-order valence-electron chi connectivity index (χ3n) is 3.65. The zero-order valence-electron chi connectivity index (χ0n) is 10.3. The second-order valence-electron chi connectivity index (χ2n) is 4.91. The van der Waals surface area contributed by atoms with Crippen LogP contribution in [0.15, 0.2) is 36.4 Å². The van der Waals surface area contributed by atoms with Gasteiger partial charge < -0.3 is 0 Å². The first-order valence-corrected chi connectivity index (χ1v) is 7.17. The third-order valence-corrected chi connectivity index (χ3v) is 4.47. The molecule has 0 nitrogen and oxygen atoms in total. The minimum Gasteiger partial charge on any atom is -0.207 e. The summed E-state index contributed by atoms with van der Waals surface area (Å²) in [6, 6.07) is 10.7. The lowest BCUT2D eigenvalue weighted by Crippen LogP contribution is -1.96. The smallest absolute Gasteiger partial charge is 0.124 e. The summed E-state index contributed by atoms with van der Waals surface area (Å²) >= 11 is 12.6. The molecule has 0 heterocycles. The number of halogens is 3.